The maximum atomic E-state index is 13.0. The van der Waals surface area contributed by atoms with Gasteiger partial charge in [-0.2, -0.15) is 0 Å². The van der Waals surface area contributed by atoms with Gasteiger partial charge in [0.05, 0.1) is 7.11 Å². The lowest BCUT2D eigenvalue weighted by Gasteiger charge is -2.11. The van der Waals surface area contributed by atoms with Crippen LogP contribution in [0.4, 0.5) is 4.39 Å². The molecular formula is C12H16FNO2. The van der Waals surface area contributed by atoms with Gasteiger partial charge in [-0.15, -0.1) is 0 Å². The van der Waals surface area contributed by atoms with Crippen molar-refractivity contribution in [2.24, 2.45) is 5.92 Å². The Hall–Kier alpha value is -1.58. The van der Waals surface area contributed by atoms with E-state index in [1.165, 1.54) is 19.2 Å². The largest absolute Gasteiger partial charge is 0.496 e. The number of nitrogens with one attached hydrogen (secondary N) is 1. The van der Waals surface area contributed by atoms with Crippen molar-refractivity contribution in [1.82, 2.24) is 5.32 Å². The van der Waals surface area contributed by atoms with Gasteiger partial charge in [0.2, 0.25) is 5.91 Å². The maximum Gasteiger partial charge on any atom is 0.222 e. The average Bonchev–Trinajstić information content (AvgIpc) is 2.25. The summed E-state index contributed by atoms with van der Waals surface area (Å²) in [5.41, 5.74) is 0.636. The molecule has 0 saturated carbocycles. The molecule has 0 aliphatic heterocycles. The fraction of sp³-hybridized carbons (Fsp3) is 0.417. The molecule has 0 spiro atoms. The highest BCUT2D eigenvalue weighted by atomic mass is 19.1. The van der Waals surface area contributed by atoms with Crippen molar-refractivity contribution < 1.29 is 13.9 Å². The Labute approximate surface area is 94.6 Å². The number of carbonyl (C=O) groups excluding carboxylic acids is 1. The van der Waals surface area contributed by atoms with E-state index < -0.39 is 0 Å². The quantitative estimate of drug-likeness (QED) is 0.852. The second kappa shape index (κ2) is 5.49. The number of benzene rings is 1. The normalized spacial score (nSPS) is 10.3. The van der Waals surface area contributed by atoms with Crippen molar-refractivity contribution in [3.63, 3.8) is 0 Å². The second-order valence-electron chi connectivity index (χ2n) is 3.83. The van der Waals surface area contributed by atoms with Gasteiger partial charge in [-0.05, 0) is 18.2 Å². The molecule has 0 fully saturated rings. The molecule has 0 saturated heterocycles. The molecule has 0 unspecified atom stereocenters. The summed E-state index contributed by atoms with van der Waals surface area (Å²) in [6, 6.07) is 4.23. The topological polar surface area (TPSA) is 38.3 Å². The van der Waals surface area contributed by atoms with E-state index in [0.29, 0.717) is 11.3 Å². The van der Waals surface area contributed by atoms with E-state index in [2.05, 4.69) is 5.32 Å². The lowest BCUT2D eigenvalue weighted by molar-refractivity contribution is -0.124. The van der Waals surface area contributed by atoms with E-state index in [1.807, 2.05) is 0 Å². The summed E-state index contributed by atoms with van der Waals surface area (Å²) < 4.78 is 18.1. The monoisotopic (exact) mass is 225 g/mol. The van der Waals surface area contributed by atoms with Crippen LogP contribution in [0.3, 0.4) is 0 Å². The minimum atomic E-state index is -0.338. The zero-order valence-corrected chi connectivity index (χ0v) is 9.71. The van der Waals surface area contributed by atoms with E-state index in [4.69, 9.17) is 4.74 Å². The standard InChI is InChI=1S/C12H16FNO2/c1-8(2)12(15)14-7-9-6-10(13)4-5-11(9)16-3/h4-6,8H,7H2,1-3H3,(H,14,15). The Morgan fingerprint density at radius 2 is 2.19 bits per heavy atom. The highest BCUT2D eigenvalue weighted by molar-refractivity contribution is 5.77. The van der Waals surface area contributed by atoms with Crippen molar-refractivity contribution >= 4 is 5.91 Å². The zero-order valence-electron chi connectivity index (χ0n) is 9.71. The number of amides is 1. The molecular weight excluding hydrogens is 209 g/mol. The summed E-state index contributed by atoms with van der Waals surface area (Å²) in [6.07, 6.45) is 0. The van der Waals surface area contributed by atoms with Crippen LogP contribution >= 0.6 is 0 Å². The molecule has 0 radical (unpaired) electrons. The van der Waals surface area contributed by atoms with Crippen LogP contribution in [0.1, 0.15) is 19.4 Å². The predicted molar refractivity (Wildman–Crippen MR) is 59.6 cm³/mol. The van der Waals surface area contributed by atoms with Crippen LogP contribution in [0.25, 0.3) is 0 Å². The molecule has 1 N–H and O–H groups in total. The number of ether oxygens (including phenoxy) is 1. The third-order valence-corrected chi connectivity index (χ3v) is 2.22. The summed E-state index contributed by atoms with van der Waals surface area (Å²) in [6.45, 7) is 3.88. The lowest BCUT2D eigenvalue weighted by atomic mass is 10.1. The number of hydrogen-bond donors (Lipinski definition) is 1. The van der Waals surface area contributed by atoms with Crippen molar-refractivity contribution in [1.29, 1.82) is 0 Å². The first-order valence-electron chi connectivity index (χ1n) is 5.14. The van der Waals surface area contributed by atoms with Gasteiger partial charge in [0, 0.05) is 18.0 Å². The number of halogens is 1. The molecule has 0 heterocycles. The molecule has 0 atom stereocenters. The molecule has 1 amide bonds. The predicted octanol–water partition coefficient (Wildman–Crippen LogP) is 2.11. The van der Waals surface area contributed by atoms with Crippen LogP contribution in [0.5, 0.6) is 5.75 Å². The molecule has 4 heteroatoms. The van der Waals surface area contributed by atoms with Crippen LogP contribution < -0.4 is 10.1 Å². The van der Waals surface area contributed by atoms with Gasteiger partial charge in [-0.1, -0.05) is 13.8 Å². The van der Waals surface area contributed by atoms with Gasteiger partial charge >= 0.3 is 0 Å². The van der Waals surface area contributed by atoms with Crippen LogP contribution in [-0.2, 0) is 11.3 Å². The highest BCUT2D eigenvalue weighted by Gasteiger charge is 2.09. The van der Waals surface area contributed by atoms with Gasteiger partial charge in [0.25, 0.3) is 0 Å². The van der Waals surface area contributed by atoms with Gasteiger partial charge in [-0.25, -0.2) is 4.39 Å². The lowest BCUT2D eigenvalue weighted by Crippen LogP contribution is -2.27. The van der Waals surface area contributed by atoms with Gasteiger partial charge in [-0.3, -0.25) is 4.79 Å². The molecule has 0 aliphatic rings. The minimum Gasteiger partial charge on any atom is -0.496 e. The Kier molecular flexibility index (Phi) is 4.28. The molecule has 1 aromatic rings. The van der Waals surface area contributed by atoms with Gasteiger partial charge in [0.1, 0.15) is 11.6 Å². The second-order valence-corrected chi connectivity index (χ2v) is 3.83. The SMILES string of the molecule is COc1ccc(F)cc1CNC(=O)C(C)C. The zero-order chi connectivity index (χ0) is 12.1. The Morgan fingerprint density at radius 3 is 2.75 bits per heavy atom. The molecule has 16 heavy (non-hydrogen) atoms. The Bertz CT molecular complexity index is 377. The van der Waals surface area contributed by atoms with Crippen LogP contribution in [0, 0.1) is 11.7 Å². The first-order chi connectivity index (χ1) is 7.54. The number of methoxy groups -OCH3 is 1. The smallest absolute Gasteiger partial charge is 0.222 e. The van der Waals surface area contributed by atoms with Crippen molar-refractivity contribution in [3.05, 3.63) is 29.6 Å². The molecule has 0 aliphatic carbocycles. The molecule has 3 nitrogen and oxygen atoms in total. The fourth-order valence-electron chi connectivity index (χ4n) is 1.27. The summed E-state index contributed by atoms with van der Waals surface area (Å²) in [7, 11) is 1.51. The van der Waals surface area contributed by atoms with Crippen LogP contribution in [-0.4, -0.2) is 13.0 Å². The average molecular weight is 225 g/mol. The molecule has 88 valence electrons. The first-order valence-corrected chi connectivity index (χ1v) is 5.14. The molecule has 0 bridgehead atoms. The molecule has 0 aromatic heterocycles. The fourth-order valence-corrected chi connectivity index (χ4v) is 1.27. The number of rotatable bonds is 4. The van der Waals surface area contributed by atoms with E-state index in [9.17, 15) is 9.18 Å². The Morgan fingerprint density at radius 1 is 1.50 bits per heavy atom. The van der Waals surface area contributed by atoms with E-state index >= 15 is 0 Å². The maximum absolute atomic E-state index is 13.0. The van der Waals surface area contributed by atoms with E-state index in [0.717, 1.165) is 0 Å². The first kappa shape index (κ1) is 12.5. The van der Waals surface area contributed by atoms with Crippen molar-refractivity contribution in [3.8, 4) is 5.75 Å². The summed E-state index contributed by atoms with van der Waals surface area (Å²) in [5, 5.41) is 2.71. The summed E-state index contributed by atoms with van der Waals surface area (Å²) in [5.74, 6) is 0.0888. The molecule has 1 rings (SSSR count). The third-order valence-electron chi connectivity index (χ3n) is 2.22. The van der Waals surface area contributed by atoms with Gasteiger partial charge in [0.15, 0.2) is 0 Å². The molecule has 1 aromatic carbocycles. The van der Waals surface area contributed by atoms with Gasteiger partial charge < -0.3 is 10.1 Å². The summed E-state index contributed by atoms with van der Waals surface area (Å²) >= 11 is 0. The number of carbonyl (C=O) groups is 1. The van der Waals surface area contributed by atoms with Crippen LogP contribution in [0.15, 0.2) is 18.2 Å². The highest BCUT2D eigenvalue weighted by Crippen LogP contribution is 2.18. The van der Waals surface area contributed by atoms with Crippen LogP contribution in [0.2, 0.25) is 0 Å². The minimum absolute atomic E-state index is 0.0636. The van der Waals surface area contributed by atoms with Crippen molar-refractivity contribution in [2.75, 3.05) is 7.11 Å². The Balaban J connectivity index is 2.72. The van der Waals surface area contributed by atoms with Crippen molar-refractivity contribution in [2.45, 2.75) is 20.4 Å². The van der Waals surface area contributed by atoms with E-state index in [-0.39, 0.29) is 24.2 Å². The summed E-state index contributed by atoms with van der Waals surface area (Å²) in [4.78, 5) is 11.4. The third kappa shape index (κ3) is 3.22. The van der Waals surface area contributed by atoms with E-state index in [1.54, 1.807) is 19.9 Å². The number of hydrogen-bond acceptors (Lipinski definition) is 2.